The van der Waals surface area contributed by atoms with Gasteiger partial charge in [0.15, 0.2) is 0 Å². The van der Waals surface area contributed by atoms with Gasteiger partial charge in [0.25, 0.3) is 5.56 Å². The number of pyridine rings is 2. The van der Waals surface area contributed by atoms with E-state index in [0.717, 1.165) is 34.1 Å². The van der Waals surface area contributed by atoms with Crippen molar-refractivity contribution in [2.24, 2.45) is 0 Å². The van der Waals surface area contributed by atoms with Gasteiger partial charge in [-0.05, 0) is 62.5 Å². The lowest BCUT2D eigenvalue weighted by atomic mass is 10.1. The van der Waals surface area contributed by atoms with Crippen LogP contribution in [0.3, 0.4) is 0 Å². The Balaban J connectivity index is 1.78. The second-order valence-electron chi connectivity index (χ2n) is 6.95. The topological polar surface area (TPSA) is 49.0 Å². The summed E-state index contributed by atoms with van der Waals surface area (Å²) in [5.74, 6) is 0. The molecule has 3 aromatic rings. The van der Waals surface area contributed by atoms with Crippen molar-refractivity contribution in [3.05, 3.63) is 75.3 Å². The van der Waals surface area contributed by atoms with Gasteiger partial charge < -0.3 is 4.98 Å². The average Bonchev–Trinajstić information content (AvgIpc) is 2.57. The van der Waals surface area contributed by atoms with Crippen LogP contribution in [0.2, 0.25) is 0 Å². The third kappa shape index (κ3) is 3.97. The fourth-order valence-electron chi connectivity index (χ4n) is 3.07. The first kappa shape index (κ1) is 17.4. The molecular formula is C21H25N3O. The van der Waals surface area contributed by atoms with Crippen LogP contribution in [0, 0.1) is 13.8 Å². The van der Waals surface area contributed by atoms with Gasteiger partial charge >= 0.3 is 0 Å². The highest BCUT2D eigenvalue weighted by molar-refractivity contribution is 5.79. The maximum Gasteiger partial charge on any atom is 0.252 e. The van der Waals surface area contributed by atoms with E-state index in [1.54, 1.807) is 0 Å². The third-order valence-corrected chi connectivity index (χ3v) is 4.86. The standard InChI is InChI=1S/C21H25N3O/c1-14-7-8-17-12-18(21(25)23-20(17)10-14)13-24(4)16(3)11-19-15(2)6-5-9-22-19/h5-10,12,16H,11,13H2,1-4H3,(H,23,25). The highest BCUT2D eigenvalue weighted by atomic mass is 16.1. The molecule has 4 nitrogen and oxygen atoms in total. The molecule has 2 aromatic heterocycles. The van der Waals surface area contributed by atoms with E-state index >= 15 is 0 Å². The molecular weight excluding hydrogens is 310 g/mol. The van der Waals surface area contributed by atoms with Gasteiger partial charge in [0, 0.05) is 42.0 Å². The Morgan fingerprint density at radius 2 is 2.00 bits per heavy atom. The lowest BCUT2D eigenvalue weighted by Crippen LogP contribution is -2.33. The lowest BCUT2D eigenvalue weighted by Gasteiger charge is -2.24. The van der Waals surface area contributed by atoms with Crippen molar-refractivity contribution in [2.45, 2.75) is 39.8 Å². The normalized spacial score (nSPS) is 12.7. The quantitative estimate of drug-likeness (QED) is 0.775. The summed E-state index contributed by atoms with van der Waals surface area (Å²) < 4.78 is 0. The number of nitrogens with zero attached hydrogens (tertiary/aromatic N) is 2. The van der Waals surface area contributed by atoms with E-state index in [-0.39, 0.29) is 5.56 Å². The molecule has 2 heterocycles. The Kier molecular flexibility index (Phi) is 5.00. The lowest BCUT2D eigenvalue weighted by molar-refractivity contribution is 0.246. The molecule has 1 unspecified atom stereocenters. The zero-order chi connectivity index (χ0) is 18.0. The number of aryl methyl sites for hydroxylation is 2. The van der Waals surface area contributed by atoms with E-state index in [2.05, 4.69) is 54.0 Å². The highest BCUT2D eigenvalue weighted by Crippen LogP contribution is 2.15. The smallest absolute Gasteiger partial charge is 0.252 e. The molecule has 1 atom stereocenters. The molecule has 4 heteroatoms. The SMILES string of the molecule is Cc1ccc2cc(CN(C)C(C)Cc3ncccc3C)c(=O)[nH]c2c1. The largest absolute Gasteiger partial charge is 0.322 e. The summed E-state index contributed by atoms with van der Waals surface area (Å²) in [7, 11) is 2.06. The number of hydrogen-bond acceptors (Lipinski definition) is 3. The molecule has 25 heavy (non-hydrogen) atoms. The van der Waals surface area contributed by atoms with E-state index < -0.39 is 0 Å². The van der Waals surface area contributed by atoms with Crippen LogP contribution in [0.5, 0.6) is 0 Å². The van der Waals surface area contributed by atoms with Gasteiger partial charge in [-0.15, -0.1) is 0 Å². The maximum absolute atomic E-state index is 12.4. The zero-order valence-corrected chi connectivity index (χ0v) is 15.3. The molecule has 3 rings (SSSR count). The summed E-state index contributed by atoms with van der Waals surface area (Å²) in [6, 6.07) is 12.5. The zero-order valence-electron chi connectivity index (χ0n) is 15.3. The number of benzene rings is 1. The van der Waals surface area contributed by atoms with Gasteiger partial charge in [-0.25, -0.2) is 0 Å². The molecule has 130 valence electrons. The van der Waals surface area contributed by atoms with Crippen LogP contribution in [0.25, 0.3) is 10.9 Å². The first-order valence-corrected chi connectivity index (χ1v) is 8.67. The minimum Gasteiger partial charge on any atom is -0.322 e. The molecule has 0 aliphatic rings. The molecule has 0 radical (unpaired) electrons. The minimum absolute atomic E-state index is 0.00818. The number of fused-ring (bicyclic) bond motifs is 1. The fraction of sp³-hybridized carbons (Fsp3) is 0.333. The Bertz CT molecular complexity index is 945. The van der Waals surface area contributed by atoms with Crippen LogP contribution in [-0.2, 0) is 13.0 Å². The third-order valence-electron chi connectivity index (χ3n) is 4.86. The van der Waals surface area contributed by atoms with Crippen molar-refractivity contribution < 1.29 is 0 Å². The van der Waals surface area contributed by atoms with Crippen LogP contribution in [0.4, 0.5) is 0 Å². The summed E-state index contributed by atoms with van der Waals surface area (Å²) in [5.41, 5.74) is 5.15. The molecule has 0 amide bonds. The Morgan fingerprint density at radius 3 is 2.76 bits per heavy atom. The molecule has 0 fully saturated rings. The van der Waals surface area contributed by atoms with Crippen LogP contribution in [0.15, 0.2) is 47.4 Å². The van der Waals surface area contributed by atoms with E-state index in [4.69, 9.17) is 0 Å². The molecule has 0 aliphatic heterocycles. The van der Waals surface area contributed by atoms with Crippen molar-refractivity contribution in [1.29, 1.82) is 0 Å². The molecule has 1 N–H and O–H groups in total. The number of nitrogens with one attached hydrogen (secondary N) is 1. The van der Waals surface area contributed by atoms with Crippen LogP contribution >= 0.6 is 0 Å². The Labute approximate surface area is 148 Å². The van der Waals surface area contributed by atoms with Crippen molar-refractivity contribution >= 4 is 10.9 Å². The van der Waals surface area contributed by atoms with Crippen LogP contribution in [0.1, 0.15) is 29.3 Å². The molecule has 0 aliphatic carbocycles. The predicted molar refractivity (Wildman–Crippen MR) is 103 cm³/mol. The maximum atomic E-state index is 12.4. The number of rotatable bonds is 5. The van der Waals surface area contributed by atoms with Gasteiger partial charge in [-0.2, -0.15) is 0 Å². The van der Waals surface area contributed by atoms with Gasteiger partial charge in [0.2, 0.25) is 0 Å². The van der Waals surface area contributed by atoms with Crippen molar-refractivity contribution in [2.75, 3.05) is 7.05 Å². The summed E-state index contributed by atoms with van der Waals surface area (Å²) >= 11 is 0. The van der Waals surface area contributed by atoms with Gasteiger partial charge in [0.1, 0.15) is 0 Å². The van der Waals surface area contributed by atoms with Gasteiger partial charge in [-0.1, -0.05) is 18.2 Å². The van der Waals surface area contributed by atoms with Gasteiger partial charge in [0.05, 0.1) is 0 Å². The first-order chi connectivity index (χ1) is 11.9. The molecule has 0 bridgehead atoms. The van der Waals surface area contributed by atoms with Crippen molar-refractivity contribution in [1.82, 2.24) is 14.9 Å². The monoisotopic (exact) mass is 335 g/mol. The Morgan fingerprint density at radius 1 is 1.20 bits per heavy atom. The van der Waals surface area contributed by atoms with Crippen molar-refractivity contribution in [3.63, 3.8) is 0 Å². The molecule has 0 saturated carbocycles. The number of hydrogen-bond donors (Lipinski definition) is 1. The molecule has 1 aromatic carbocycles. The van der Waals surface area contributed by atoms with Crippen LogP contribution < -0.4 is 5.56 Å². The average molecular weight is 335 g/mol. The summed E-state index contributed by atoms with van der Waals surface area (Å²) in [4.78, 5) is 22.1. The van der Waals surface area contributed by atoms with E-state index in [1.165, 1.54) is 5.56 Å². The van der Waals surface area contributed by atoms with E-state index in [1.807, 2.05) is 31.3 Å². The van der Waals surface area contributed by atoms with E-state index in [9.17, 15) is 4.79 Å². The van der Waals surface area contributed by atoms with Crippen LogP contribution in [-0.4, -0.2) is 28.0 Å². The minimum atomic E-state index is -0.00818. The second-order valence-corrected chi connectivity index (χ2v) is 6.95. The molecule has 0 spiro atoms. The van der Waals surface area contributed by atoms with E-state index in [0.29, 0.717) is 12.6 Å². The number of likely N-dealkylation sites (N-methyl/N-ethyl adjacent to an activating group) is 1. The number of aromatic amines is 1. The first-order valence-electron chi connectivity index (χ1n) is 8.67. The number of aromatic nitrogens is 2. The predicted octanol–water partition coefficient (Wildman–Crippen LogP) is 3.60. The summed E-state index contributed by atoms with van der Waals surface area (Å²) in [5, 5.41) is 1.07. The number of H-pyrrole nitrogens is 1. The van der Waals surface area contributed by atoms with Gasteiger partial charge in [-0.3, -0.25) is 14.7 Å². The highest BCUT2D eigenvalue weighted by Gasteiger charge is 2.14. The molecule has 0 saturated heterocycles. The second kappa shape index (κ2) is 7.19. The summed E-state index contributed by atoms with van der Waals surface area (Å²) in [6.07, 6.45) is 2.71. The van der Waals surface area contributed by atoms with Crippen molar-refractivity contribution in [3.8, 4) is 0 Å². The Hall–Kier alpha value is -2.46. The summed E-state index contributed by atoms with van der Waals surface area (Å²) in [6.45, 7) is 6.91. The fourth-order valence-corrected chi connectivity index (χ4v) is 3.07.